The summed E-state index contributed by atoms with van der Waals surface area (Å²) in [4.78, 5) is 47.1. The summed E-state index contributed by atoms with van der Waals surface area (Å²) < 4.78 is 10.5. The molecule has 4 N–H and O–H groups in total. The molecule has 0 aliphatic heterocycles. The molecule has 2 aromatic carbocycles. The molecule has 0 aliphatic carbocycles. The molecule has 2 aromatic rings. The van der Waals surface area contributed by atoms with Gasteiger partial charge in [0, 0.05) is 12.1 Å². The van der Waals surface area contributed by atoms with Gasteiger partial charge in [0.15, 0.2) is 0 Å². The van der Waals surface area contributed by atoms with Crippen molar-refractivity contribution in [1.82, 2.24) is 5.32 Å². The van der Waals surface area contributed by atoms with E-state index >= 15 is 0 Å². The van der Waals surface area contributed by atoms with Crippen LogP contribution in [0, 0.1) is 0 Å². The van der Waals surface area contributed by atoms with Crippen LogP contribution in [0.2, 0.25) is 0 Å². The quantitative estimate of drug-likeness (QED) is 0.257. The second kappa shape index (κ2) is 15.2. The first kappa shape index (κ1) is 27.5. The minimum Gasteiger partial charge on any atom is -0.478 e. The van der Waals surface area contributed by atoms with E-state index in [4.69, 9.17) is 20.3 Å². The van der Waals surface area contributed by atoms with Crippen molar-refractivity contribution in [3.63, 3.8) is 0 Å². The molecular formula is C26H32N2O7. The van der Waals surface area contributed by atoms with Gasteiger partial charge in [-0.05, 0) is 93.6 Å². The van der Waals surface area contributed by atoms with Crippen molar-refractivity contribution in [2.24, 2.45) is 5.73 Å². The molecular weight excluding hydrogens is 452 g/mol. The maximum atomic E-state index is 12.2. The van der Waals surface area contributed by atoms with Crippen LogP contribution in [-0.4, -0.2) is 55.2 Å². The molecule has 2 rings (SSSR count). The van der Waals surface area contributed by atoms with Crippen molar-refractivity contribution in [3.05, 3.63) is 70.8 Å². The Balaban J connectivity index is 1.59. The number of hydrogen-bond donors (Lipinski definition) is 3. The van der Waals surface area contributed by atoms with Crippen LogP contribution in [0.15, 0.2) is 48.5 Å². The number of benzene rings is 2. The fourth-order valence-corrected chi connectivity index (χ4v) is 3.13. The van der Waals surface area contributed by atoms with Gasteiger partial charge in [0.2, 0.25) is 0 Å². The second-order valence-corrected chi connectivity index (χ2v) is 7.90. The highest BCUT2D eigenvalue weighted by atomic mass is 16.5. The number of aromatic carboxylic acids is 1. The summed E-state index contributed by atoms with van der Waals surface area (Å²) >= 11 is 0. The number of nitrogens with one attached hydrogen (secondary N) is 1. The minimum absolute atomic E-state index is 0.124. The number of unbranched alkanes of at least 4 members (excludes halogenated alkanes) is 4. The monoisotopic (exact) mass is 484 g/mol. The third kappa shape index (κ3) is 9.97. The van der Waals surface area contributed by atoms with Crippen LogP contribution in [0.25, 0.3) is 0 Å². The van der Waals surface area contributed by atoms with Gasteiger partial charge in [-0.25, -0.2) is 14.4 Å². The molecule has 0 aromatic heterocycles. The summed E-state index contributed by atoms with van der Waals surface area (Å²) in [6.45, 7) is 1.66. The number of carbonyl (C=O) groups is 4. The van der Waals surface area contributed by atoms with Crippen LogP contribution in [0.3, 0.4) is 0 Å². The van der Waals surface area contributed by atoms with Gasteiger partial charge in [-0.2, -0.15) is 0 Å². The number of carbonyl (C=O) groups excluding carboxylic acids is 3. The number of hydrogen-bond acceptors (Lipinski definition) is 7. The molecule has 0 fully saturated rings. The molecule has 0 heterocycles. The van der Waals surface area contributed by atoms with Gasteiger partial charge in [0.25, 0.3) is 5.91 Å². The van der Waals surface area contributed by atoms with Crippen molar-refractivity contribution in [2.45, 2.75) is 38.5 Å². The lowest BCUT2D eigenvalue weighted by atomic mass is 10.1. The van der Waals surface area contributed by atoms with Gasteiger partial charge in [0.1, 0.15) is 0 Å². The Morgan fingerprint density at radius 2 is 1.11 bits per heavy atom. The van der Waals surface area contributed by atoms with Crippen molar-refractivity contribution in [1.29, 1.82) is 0 Å². The van der Waals surface area contributed by atoms with E-state index in [2.05, 4.69) is 5.32 Å². The molecule has 0 unspecified atom stereocenters. The summed E-state index contributed by atoms with van der Waals surface area (Å²) in [7, 11) is 0. The Kier molecular flexibility index (Phi) is 12.0. The first-order valence-electron chi connectivity index (χ1n) is 11.7. The molecule has 0 aliphatic rings. The average Bonchev–Trinajstić information content (AvgIpc) is 2.87. The predicted octanol–water partition coefficient (Wildman–Crippen LogP) is 3.43. The summed E-state index contributed by atoms with van der Waals surface area (Å²) in [5.74, 6) is -2.21. The van der Waals surface area contributed by atoms with Crippen LogP contribution in [0.4, 0.5) is 0 Å². The maximum absolute atomic E-state index is 12.2. The van der Waals surface area contributed by atoms with E-state index in [1.807, 2.05) is 0 Å². The molecule has 35 heavy (non-hydrogen) atoms. The Labute approximate surface area is 204 Å². The summed E-state index contributed by atoms with van der Waals surface area (Å²) in [5.41, 5.74) is 6.67. The largest absolute Gasteiger partial charge is 0.478 e. The van der Waals surface area contributed by atoms with E-state index < -0.39 is 17.9 Å². The number of ether oxygens (including phenoxy) is 2. The predicted molar refractivity (Wildman–Crippen MR) is 129 cm³/mol. The molecule has 9 heteroatoms. The molecule has 0 saturated heterocycles. The number of nitrogens with two attached hydrogens (primary N) is 1. The molecule has 0 atom stereocenters. The minimum atomic E-state index is -1.04. The lowest BCUT2D eigenvalue weighted by molar-refractivity contribution is 0.0483. The highest BCUT2D eigenvalue weighted by Crippen LogP contribution is 2.09. The Morgan fingerprint density at radius 1 is 0.657 bits per heavy atom. The van der Waals surface area contributed by atoms with Crippen molar-refractivity contribution >= 4 is 23.8 Å². The number of esters is 2. The van der Waals surface area contributed by atoms with E-state index in [9.17, 15) is 19.2 Å². The molecule has 188 valence electrons. The fourth-order valence-electron chi connectivity index (χ4n) is 3.13. The normalized spacial score (nSPS) is 10.4. The molecule has 0 spiro atoms. The van der Waals surface area contributed by atoms with E-state index in [-0.39, 0.29) is 18.1 Å². The van der Waals surface area contributed by atoms with Crippen LogP contribution in [0.5, 0.6) is 0 Å². The zero-order valence-corrected chi connectivity index (χ0v) is 19.7. The number of carboxylic acids is 1. The lowest BCUT2D eigenvalue weighted by Gasteiger charge is -2.07. The summed E-state index contributed by atoms with van der Waals surface area (Å²) in [6.07, 6.45) is 4.68. The third-order valence-corrected chi connectivity index (χ3v) is 5.17. The highest BCUT2D eigenvalue weighted by Gasteiger charge is 2.11. The first-order valence-corrected chi connectivity index (χ1v) is 11.7. The average molecular weight is 485 g/mol. The van der Waals surface area contributed by atoms with E-state index in [0.29, 0.717) is 49.2 Å². The first-order chi connectivity index (χ1) is 16.9. The van der Waals surface area contributed by atoms with Crippen LogP contribution >= 0.6 is 0 Å². The Bertz CT molecular complexity index is 972. The molecule has 9 nitrogen and oxygen atoms in total. The van der Waals surface area contributed by atoms with Crippen molar-refractivity contribution in [3.8, 4) is 0 Å². The highest BCUT2D eigenvalue weighted by molar-refractivity contribution is 5.96. The van der Waals surface area contributed by atoms with Gasteiger partial charge >= 0.3 is 17.9 Å². The van der Waals surface area contributed by atoms with E-state index in [1.165, 1.54) is 48.5 Å². The second-order valence-electron chi connectivity index (χ2n) is 7.90. The van der Waals surface area contributed by atoms with Gasteiger partial charge in [-0.3, -0.25) is 4.79 Å². The Hall–Kier alpha value is -3.72. The molecule has 0 bridgehead atoms. The maximum Gasteiger partial charge on any atom is 0.338 e. The van der Waals surface area contributed by atoms with Crippen molar-refractivity contribution < 1.29 is 33.8 Å². The molecule has 0 radical (unpaired) electrons. The van der Waals surface area contributed by atoms with Crippen LogP contribution < -0.4 is 11.1 Å². The third-order valence-electron chi connectivity index (χ3n) is 5.17. The Morgan fingerprint density at radius 3 is 1.60 bits per heavy atom. The summed E-state index contributed by atoms with van der Waals surface area (Å²) in [6, 6.07) is 11.9. The zero-order valence-electron chi connectivity index (χ0n) is 19.7. The van der Waals surface area contributed by atoms with E-state index in [1.54, 1.807) is 0 Å². The van der Waals surface area contributed by atoms with E-state index in [0.717, 1.165) is 25.7 Å². The van der Waals surface area contributed by atoms with Gasteiger partial charge in [-0.1, -0.05) is 0 Å². The number of carboxylic acid groups (broad SMARTS) is 1. The SMILES string of the molecule is NCCCCCOC(=O)c1ccc(C(=O)OCCCCCNC(=O)c2ccc(C(=O)O)cc2)cc1. The zero-order chi connectivity index (χ0) is 25.5. The number of rotatable bonds is 15. The van der Waals surface area contributed by atoms with Crippen molar-refractivity contribution in [2.75, 3.05) is 26.3 Å². The molecule has 0 saturated carbocycles. The van der Waals surface area contributed by atoms with Crippen LogP contribution in [0.1, 0.15) is 80.0 Å². The van der Waals surface area contributed by atoms with Gasteiger partial charge in [-0.15, -0.1) is 0 Å². The number of amides is 1. The lowest BCUT2D eigenvalue weighted by Crippen LogP contribution is -2.24. The molecule has 1 amide bonds. The smallest absolute Gasteiger partial charge is 0.338 e. The standard InChI is InChI=1S/C26H32N2O7/c27-15-3-1-5-17-34-25(32)21-11-13-22(14-12-21)26(33)35-18-6-2-4-16-28-23(29)19-7-9-20(10-8-19)24(30)31/h7-14H,1-6,15-18,27H2,(H,28,29)(H,30,31). The summed E-state index contributed by atoms with van der Waals surface area (Å²) in [5, 5.41) is 11.7. The van der Waals surface area contributed by atoms with Gasteiger partial charge in [0.05, 0.1) is 29.9 Å². The van der Waals surface area contributed by atoms with Crippen LogP contribution in [-0.2, 0) is 9.47 Å². The fraction of sp³-hybridized carbons (Fsp3) is 0.385. The van der Waals surface area contributed by atoms with Gasteiger partial charge < -0.3 is 25.6 Å². The topological polar surface area (TPSA) is 145 Å².